The summed E-state index contributed by atoms with van der Waals surface area (Å²) in [5, 5.41) is 11.7. The molecule has 0 aromatic heterocycles. The van der Waals surface area contributed by atoms with E-state index in [1.54, 1.807) is 18.2 Å². The zero-order valence-corrected chi connectivity index (χ0v) is 11.8. The number of hydrogen-bond donors (Lipinski definition) is 3. The van der Waals surface area contributed by atoms with Crippen LogP contribution in [0.4, 0.5) is 0 Å². The lowest BCUT2D eigenvalue weighted by Crippen LogP contribution is -2.29. The van der Waals surface area contributed by atoms with Gasteiger partial charge in [-0.05, 0) is 36.6 Å². The van der Waals surface area contributed by atoms with Crippen LogP contribution in [0.25, 0.3) is 0 Å². The van der Waals surface area contributed by atoms with E-state index in [0.29, 0.717) is 25.9 Å². The number of amides is 1. The minimum atomic E-state index is -0.940. The molecular formula is C15H22N2O3. The van der Waals surface area contributed by atoms with Crippen LogP contribution in [0.2, 0.25) is 0 Å². The molecule has 20 heavy (non-hydrogen) atoms. The molecule has 0 aliphatic rings. The van der Waals surface area contributed by atoms with Crippen molar-refractivity contribution in [3.63, 3.8) is 0 Å². The van der Waals surface area contributed by atoms with Crippen molar-refractivity contribution in [1.82, 2.24) is 5.32 Å². The molecule has 4 N–H and O–H groups in total. The van der Waals surface area contributed by atoms with Crippen molar-refractivity contribution in [2.75, 3.05) is 13.1 Å². The van der Waals surface area contributed by atoms with Crippen molar-refractivity contribution >= 4 is 11.9 Å². The quantitative estimate of drug-likeness (QED) is 0.670. The second-order valence-corrected chi connectivity index (χ2v) is 4.82. The van der Waals surface area contributed by atoms with Gasteiger partial charge < -0.3 is 16.2 Å². The summed E-state index contributed by atoms with van der Waals surface area (Å²) in [5.41, 5.74) is 6.73. The summed E-state index contributed by atoms with van der Waals surface area (Å²) in [4.78, 5) is 22.5. The molecule has 1 aromatic carbocycles. The molecule has 5 heteroatoms. The summed E-state index contributed by atoms with van der Waals surface area (Å²) in [7, 11) is 0. The highest BCUT2D eigenvalue weighted by Gasteiger charge is 2.10. The number of carbonyl (C=O) groups is 2. The van der Waals surface area contributed by atoms with E-state index in [9.17, 15) is 9.59 Å². The normalized spacial score (nSPS) is 11.9. The lowest BCUT2D eigenvalue weighted by molar-refractivity contribution is -0.121. The molecule has 0 aliphatic heterocycles. The van der Waals surface area contributed by atoms with E-state index in [0.717, 1.165) is 12.0 Å². The number of nitrogens with one attached hydrogen (secondary N) is 1. The van der Waals surface area contributed by atoms with Gasteiger partial charge in [-0.2, -0.15) is 0 Å². The smallest absolute Gasteiger partial charge is 0.335 e. The maximum Gasteiger partial charge on any atom is 0.335 e. The molecule has 110 valence electrons. The number of hydrogen-bond acceptors (Lipinski definition) is 3. The molecule has 1 rings (SSSR count). The van der Waals surface area contributed by atoms with Crippen LogP contribution in [0.3, 0.4) is 0 Å². The Morgan fingerprint density at radius 1 is 1.40 bits per heavy atom. The summed E-state index contributed by atoms with van der Waals surface area (Å²) >= 11 is 0. The SMILES string of the molecule is CCC(CN)CC(=O)NCCc1cccc(C(=O)O)c1. The second kappa shape index (κ2) is 8.32. The van der Waals surface area contributed by atoms with Crippen LogP contribution in [-0.2, 0) is 11.2 Å². The monoisotopic (exact) mass is 278 g/mol. The fraction of sp³-hybridized carbons (Fsp3) is 0.467. The minimum absolute atomic E-state index is 0.00307. The van der Waals surface area contributed by atoms with E-state index in [4.69, 9.17) is 10.8 Å². The molecule has 0 saturated carbocycles. The Labute approximate surface area is 119 Å². The van der Waals surface area contributed by atoms with Gasteiger partial charge in [-0.15, -0.1) is 0 Å². The average Bonchev–Trinajstić information content (AvgIpc) is 2.45. The number of carboxylic acid groups (broad SMARTS) is 1. The van der Waals surface area contributed by atoms with Crippen molar-refractivity contribution in [1.29, 1.82) is 0 Å². The van der Waals surface area contributed by atoms with Crippen LogP contribution in [0.5, 0.6) is 0 Å². The van der Waals surface area contributed by atoms with E-state index in [2.05, 4.69) is 5.32 Å². The summed E-state index contributed by atoms with van der Waals surface area (Å²) in [5.74, 6) is -0.716. The van der Waals surface area contributed by atoms with Crippen LogP contribution in [0, 0.1) is 5.92 Å². The van der Waals surface area contributed by atoms with Gasteiger partial charge in [0.25, 0.3) is 0 Å². The van der Waals surface area contributed by atoms with E-state index in [1.807, 2.05) is 13.0 Å². The van der Waals surface area contributed by atoms with E-state index in [1.165, 1.54) is 0 Å². The van der Waals surface area contributed by atoms with E-state index < -0.39 is 5.97 Å². The maximum atomic E-state index is 11.7. The van der Waals surface area contributed by atoms with Gasteiger partial charge in [-0.3, -0.25) is 4.79 Å². The third kappa shape index (κ3) is 5.40. The van der Waals surface area contributed by atoms with Crippen molar-refractivity contribution in [3.05, 3.63) is 35.4 Å². The van der Waals surface area contributed by atoms with Crippen LogP contribution in [-0.4, -0.2) is 30.1 Å². The zero-order chi connectivity index (χ0) is 15.0. The first-order valence-electron chi connectivity index (χ1n) is 6.85. The number of carbonyl (C=O) groups excluding carboxylic acids is 1. The summed E-state index contributed by atoms with van der Waals surface area (Å²) < 4.78 is 0. The molecule has 0 aliphatic carbocycles. The topological polar surface area (TPSA) is 92.4 Å². The predicted octanol–water partition coefficient (Wildman–Crippen LogP) is 1.42. The first-order chi connectivity index (χ1) is 9.56. The Bertz CT molecular complexity index is 456. The third-order valence-electron chi connectivity index (χ3n) is 3.29. The maximum absolute atomic E-state index is 11.7. The molecular weight excluding hydrogens is 256 g/mol. The van der Waals surface area contributed by atoms with Crippen LogP contribution >= 0.6 is 0 Å². The standard InChI is InChI=1S/C15H22N2O3/c1-2-11(10-16)9-14(18)17-7-6-12-4-3-5-13(8-12)15(19)20/h3-5,8,11H,2,6-7,9-10,16H2,1H3,(H,17,18)(H,19,20). The molecule has 0 heterocycles. The van der Waals surface area contributed by atoms with Crippen LogP contribution in [0.15, 0.2) is 24.3 Å². The van der Waals surface area contributed by atoms with Crippen molar-refractivity contribution in [3.8, 4) is 0 Å². The molecule has 5 nitrogen and oxygen atoms in total. The summed E-state index contributed by atoms with van der Waals surface area (Å²) in [6.45, 7) is 3.04. The van der Waals surface area contributed by atoms with Gasteiger partial charge in [0.1, 0.15) is 0 Å². The second-order valence-electron chi connectivity index (χ2n) is 4.82. The lowest BCUT2D eigenvalue weighted by atomic mass is 10.0. The third-order valence-corrected chi connectivity index (χ3v) is 3.29. The van der Waals surface area contributed by atoms with Gasteiger partial charge >= 0.3 is 5.97 Å². The highest BCUT2D eigenvalue weighted by atomic mass is 16.4. The zero-order valence-electron chi connectivity index (χ0n) is 11.8. The molecule has 1 aromatic rings. The molecule has 0 spiro atoms. The van der Waals surface area contributed by atoms with Crippen molar-refractivity contribution < 1.29 is 14.7 Å². The fourth-order valence-corrected chi connectivity index (χ4v) is 1.93. The molecule has 1 unspecified atom stereocenters. The largest absolute Gasteiger partial charge is 0.478 e. The Hall–Kier alpha value is -1.88. The number of aromatic carboxylic acids is 1. The molecule has 0 bridgehead atoms. The summed E-state index contributed by atoms with van der Waals surface area (Å²) in [6, 6.07) is 6.75. The van der Waals surface area contributed by atoms with Gasteiger partial charge in [0.2, 0.25) is 5.91 Å². The highest BCUT2D eigenvalue weighted by molar-refractivity contribution is 5.87. The summed E-state index contributed by atoms with van der Waals surface area (Å²) in [6.07, 6.45) is 1.96. The Morgan fingerprint density at radius 2 is 2.15 bits per heavy atom. The van der Waals surface area contributed by atoms with Gasteiger partial charge in [0.15, 0.2) is 0 Å². The molecule has 0 radical (unpaired) electrons. The van der Waals surface area contributed by atoms with Crippen molar-refractivity contribution in [2.45, 2.75) is 26.2 Å². The molecule has 0 fully saturated rings. The van der Waals surface area contributed by atoms with Crippen LogP contribution in [0.1, 0.15) is 35.7 Å². The molecule has 0 saturated heterocycles. The number of carboxylic acids is 1. The fourth-order valence-electron chi connectivity index (χ4n) is 1.93. The Balaban J connectivity index is 2.39. The van der Waals surface area contributed by atoms with Gasteiger partial charge in [0.05, 0.1) is 5.56 Å². The molecule has 1 amide bonds. The van der Waals surface area contributed by atoms with Gasteiger partial charge in [-0.1, -0.05) is 25.5 Å². The van der Waals surface area contributed by atoms with E-state index in [-0.39, 0.29) is 17.4 Å². The number of benzene rings is 1. The predicted molar refractivity (Wildman–Crippen MR) is 77.6 cm³/mol. The first kappa shape index (κ1) is 16.2. The lowest BCUT2D eigenvalue weighted by Gasteiger charge is -2.12. The van der Waals surface area contributed by atoms with Gasteiger partial charge in [0, 0.05) is 13.0 Å². The average molecular weight is 278 g/mol. The number of rotatable bonds is 8. The Kier molecular flexibility index (Phi) is 6.73. The molecule has 1 atom stereocenters. The van der Waals surface area contributed by atoms with E-state index >= 15 is 0 Å². The minimum Gasteiger partial charge on any atom is -0.478 e. The van der Waals surface area contributed by atoms with Crippen LogP contribution < -0.4 is 11.1 Å². The van der Waals surface area contributed by atoms with Crippen molar-refractivity contribution in [2.24, 2.45) is 11.7 Å². The Morgan fingerprint density at radius 3 is 2.75 bits per heavy atom. The highest BCUT2D eigenvalue weighted by Crippen LogP contribution is 2.07. The first-order valence-corrected chi connectivity index (χ1v) is 6.85. The van der Waals surface area contributed by atoms with Gasteiger partial charge in [-0.25, -0.2) is 4.79 Å². The number of nitrogens with two attached hydrogens (primary N) is 1.